The van der Waals surface area contributed by atoms with Crippen LogP contribution in [0.15, 0.2) is 60.7 Å². The van der Waals surface area contributed by atoms with Crippen LogP contribution in [0.2, 0.25) is 0 Å². The second-order valence-electron chi connectivity index (χ2n) is 10.3. The molecule has 0 saturated carbocycles. The van der Waals surface area contributed by atoms with Crippen LogP contribution in [0.4, 0.5) is 9.59 Å². The Morgan fingerprint density at radius 1 is 0.814 bits per heavy atom. The summed E-state index contributed by atoms with van der Waals surface area (Å²) in [6, 6.07) is 16.5. The van der Waals surface area contributed by atoms with Crippen LogP contribution in [0.5, 0.6) is 17.2 Å². The molecule has 3 aromatic carbocycles. The maximum absolute atomic E-state index is 12.8. The molecule has 0 spiro atoms. The van der Waals surface area contributed by atoms with Crippen LogP contribution in [0.25, 0.3) is 11.1 Å². The van der Waals surface area contributed by atoms with Gasteiger partial charge in [0.1, 0.15) is 29.5 Å². The molecule has 230 valence electrons. The first-order chi connectivity index (χ1) is 20.5. The highest BCUT2D eigenvalue weighted by Crippen LogP contribution is 2.42. The number of alkyl carbamates (subject to hydrolysis) is 2. The number of methoxy groups -OCH3 is 4. The average molecular weight is 595 g/mol. The number of carbonyl (C=O) groups is 3. The first kappa shape index (κ1) is 32.6. The van der Waals surface area contributed by atoms with Crippen molar-refractivity contribution in [2.45, 2.75) is 45.6 Å². The summed E-state index contributed by atoms with van der Waals surface area (Å²) in [6.07, 6.45) is -1.41. The molecule has 43 heavy (non-hydrogen) atoms. The fourth-order valence-electron chi connectivity index (χ4n) is 4.23. The van der Waals surface area contributed by atoms with Gasteiger partial charge in [0.15, 0.2) is 6.04 Å². The Hall–Kier alpha value is -4.93. The van der Waals surface area contributed by atoms with Crippen molar-refractivity contribution in [2.75, 3.05) is 28.4 Å². The molecule has 0 unspecified atom stereocenters. The summed E-state index contributed by atoms with van der Waals surface area (Å²) in [5, 5.41) is 5.36. The predicted molar refractivity (Wildman–Crippen MR) is 159 cm³/mol. The van der Waals surface area contributed by atoms with E-state index >= 15 is 0 Å². The van der Waals surface area contributed by atoms with Gasteiger partial charge in [0.25, 0.3) is 0 Å². The molecule has 0 aromatic heterocycles. The first-order valence-corrected chi connectivity index (χ1v) is 13.4. The highest BCUT2D eigenvalue weighted by atomic mass is 16.6. The van der Waals surface area contributed by atoms with E-state index in [2.05, 4.69) is 10.6 Å². The lowest BCUT2D eigenvalue weighted by Gasteiger charge is -2.24. The highest BCUT2D eigenvalue weighted by molar-refractivity contribution is 5.85. The Balaban J connectivity index is 2.02. The Labute approximate surface area is 251 Å². The van der Waals surface area contributed by atoms with Crippen LogP contribution in [-0.2, 0) is 32.2 Å². The molecule has 0 bridgehead atoms. The van der Waals surface area contributed by atoms with E-state index in [0.717, 1.165) is 5.56 Å². The average Bonchev–Trinajstić information content (AvgIpc) is 3.00. The highest BCUT2D eigenvalue weighted by Gasteiger charge is 2.28. The van der Waals surface area contributed by atoms with Gasteiger partial charge < -0.3 is 39.1 Å². The summed E-state index contributed by atoms with van der Waals surface area (Å²) >= 11 is 0. The molecule has 0 heterocycles. The van der Waals surface area contributed by atoms with Crippen LogP contribution in [0.1, 0.15) is 43.5 Å². The third-order valence-electron chi connectivity index (χ3n) is 6.17. The number of ether oxygens (including phenoxy) is 6. The van der Waals surface area contributed by atoms with Crippen molar-refractivity contribution < 1.29 is 42.8 Å². The molecule has 0 fully saturated rings. The van der Waals surface area contributed by atoms with E-state index < -0.39 is 29.8 Å². The van der Waals surface area contributed by atoms with E-state index in [4.69, 9.17) is 28.4 Å². The van der Waals surface area contributed by atoms with Crippen molar-refractivity contribution in [2.24, 2.45) is 0 Å². The van der Waals surface area contributed by atoms with Crippen LogP contribution >= 0.6 is 0 Å². The monoisotopic (exact) mass is 594 g/mol. The summed E-state index contributed by atoms with van der Waals surface area (Å²) in [5.41, 5.74) is 2.16. The summed E-state index contributed by atoms with van der Waals surface area (Å²) in [5.74, 6) is 0.649. The predicted octanol–water partition coefficient (Wildman–Crippen LogP) is 5.54. The van der Waals surface area contributed by atoms with Crippen molar-refractivity contribution >= 4 is 18.2 Å². The number of carbonyl (C=O) groups excluding carboxylic acids is 3. The number of hydrogen-bond donors (Lipinski definition) is 2. The van der Waals surface area contributed by atoms with E-state index in [1.165, 1.54) is 28.4 Å². The normalized spacial score (nSPS) is 11.5. The molecular formula is C32H38N2O9. The molecule has 1 atom stereocenters. The lowest BCUT2D eigenvalue weighted by molar-refractivity contribution is -0.143. The van der Waals surface area contributed by atoms with E-state index in [-0.39, 0.29) is 13.2 Å². The number of benzene rings is 3. The molecule has 0 aliphatic carbocycles. The molecular weight excluding hydrogens is 556 g/mol. The topological polar surface area (TPSA) is 131 Å². The van der Waals surface area contributed by atoms with E-state index in [1.54, 1.807) is 51.1 Å². The maximum atomic E-state index is 12.8. The van der Waals surface area contributed by atoms with Gasteiger partial charge in [-0.1, -0.05) is 36.4 Å². The minimum Gasteiger partial charge on any atom is -0.497 e. The largest absolute Gasteiger partial charge is 0.497 e. The number of esters is 1. The van der Waals surface area contributed by atoms with Gasteiger partial charge in [-0.3, -0.25) is 0 Å². The number of nitrogens with one attached hydrogen (secondary N) is 2. The third kappa shape index (κ3) is 9.03. The van der Waals surface area contributed by atoms with Gasteiger partial charge in [-0.2, -0.15) is 0 Å². The fraction of sp³-hybridized carbons (Fsp3) is 0.344. The van der Waals surface area contributed by atoms with Crippen LogP contribution < -0.4 is 24.8 Å². The van der Waals surface area contributed by atoms with Crippen LogP contribution in [0.3, 0.4) is 0 Å². The molecule has 11 nitrogen and oxygen atoms in total. The Kier molecular flexibility index (Phi) is 11.2. The molecule has 2 amide bonds. The zero-order chi connectivity index (χ0) is 31.6. The van der Waals surface area contributed by atoms with Gasteiger partial charge in [0.2, 0.25) is 0 Å². The molecule has 11 heteroatoms. The minimum atomic E-state index is -1.19. The van der Waals surface area contributed by atoms with Gasteiger partial charge in [-0.15, -0.1) is 0 Å². The van der Waals surface area contributed by atoms with Gasteiger partial charge in [0.05, 0.1) is 28.4 Å². The first-order valence-electron chi connectivity index (χ1n) is 13.4. The Morgan fingerprint density at radius 3 is 2.12 bits per heavy atom. The Bertz CT molecular complexity index is 1420. The molecule has 2 N–H and O–H groups in total. The summed E-state index contributed by atoms with van der Waals surface area (Å²) in [6.45, 7) is 5.30. The quantitative estimate of drug-likeness (QED) is 0.217. The zero-order valence-corrected chi connectivity index (χ0v) is 25.4. The third-order valence-corrected chi connectivity index (χ3v) is 6.17. The zero-order valence-electron chi connectivity index (χ0n) is 25.4. The number of rotatable bonds is 11. The van der Waals surface area contributed by atoms with Gasteiger partial charge in [-0.25, -0.2) is 14.4 Å². The number of amides is 2. The molecule has 0 radical (unpaired) electrons. The summed E-state index contributed by atoms with van der Waals surface area (Å²) < 4.78 is 32.6. The minimum absolute atomic E-state index is 0.0421. The van der Waals surface area contributed by atoms with Gasteiger partial charge >= 0.3 is 18.2 Å². The van der Waals surface area contributed by atoms with Crippen molar-refractivity contribution in [3.63, 3.8) is 0 Å². The molecule has 3 rings (SSSR count). The standard InChI is InChI=1S/C32H38N2O9/c1-32(2,3)43-31(37)34-28(29(35)41-7)21-13-14-25(39-5)24(16-21)27-22(15-23(38-4)17-26(27)40-6)18-33-30(36)42-19-20-11-9-8-10-12-20/h8-17,28H,18-19H2,1-7H3,(H,33,36)(H,34,37)/t28-/m1/s1. The van der Waals surface area contributed by atoms with Crippen molar-refractivity contribution in [3.8, 4) is 28.4 Å². The van der Waals surface area contributed by atoms with E-state index in [0.29, 0.717) is 39.5 Å². The SMILES string of the molecule is COC(=O)[C@H](NC(=O)OC(C)(C)C)c1ccc(OC)c(-c2c(CNC(=O)OCc3ccccc3)cc(OC)cc2OC)c1. The second kappa shape index (κ2) is 14.8. The maximum Gasteiger partial charge on any atom is 0.408 e. The number of hydrogen-bond acceptors (Lipinski definition) is 9. The lowest BCUT2D eigenvalue weighted by Crippen LogP contribution is -2.38. The van der Waals surface area contributed by atoms with Gasteiger partial charge in [0, 0.05) is 23.7 Å². The second-order valence-corrected chi connectivity index (χ2v) is 10.3. The smallest absolute Gasteiger partial charge is 0.408 e. The molecule has 0 aliphatic heterocycles. The van der Waals surface area contributed by atoms with Crippen LogP contribution in [-0.4, -0.2) is 52.2 Å². The van der Waals surface area contributed by atoms with E-state index in [1.807, 2.05) is 30.3 Å². The fourth-order valence-corrected chi connectivity index (χ4v) is 4.23. The summed E-state index contributed by atoms with van der Waals surface area (Å²) in [4.78, 5) is 38.0. The van der Waals surface area contributed by atoms with Crippen molar-refractivity contribution in [1.29, 1.82) is 0 Å². The molecule has 0 saturated heterocycles. The molecule has 0 aliphatic rings. The Morgan fingerprint density at radius 2 is 1.51 bits per heavy atom. The van der Waals surface area contributed by atoms with Crippen molar-refractivity contribution in [3.05, 3.63) is 77.4 Å². The molecule has 3 aromatic rings. The van der Waals surface area contributed by atoms with Crippen LogP contribution in [0, 0.1) is 0 Å². The van der Waals surface area contributed by atoms with E-state index in [9.17, 15) is 14.4 Å². The van der Waals surface area contributed by atoms with Gasteiger partial charge in [-0.05, 0) is 55.7 Å². The summed E-state index contributed by atoms with van der Waals surface area (Å²) in [7, 11) is 5.75. The van der Waals surface area contributed by atoms with Crippen molar-refractivity contribution in [1.82, 2.24) is 10.6 Å². The lowest BCUT2D eigenvalue weighted by atomic mass is 9.93.